The van der Waals surface area contributed by atoms with Gasteiger partial charge in [0.15, 0.2) is 5.65 Å². The molecule has 0 aliphatic carbocycles. The van der Waals surface area contributed by atoms with Gasteiger partial charge in [0.2, 0.25) is 0 Å². The zero-order chi connectivity index (χ0) is 22.6. The second-order valence-electron chi connectivity index (χ2n) is 8.43. The van der Waals surface area contributed by atoms with E-state index in [9.17, 15) is 4.79 Å². The maximum Gasteiger partial charge on any atom is 0.260 e. The lowest BCUT2D eigenvalue weighted by atomic mass is 10.1. The Balaban J connectivity index is 1.30. The zero-order valence-electron chi connectivity index (χ0n) is 18.8. The summed E-state index contributed by atoms with van der Waals surface area (Å²) < 4.78 is 7.86. The van der Waals surface area contributed by atoms with E-state index >= 15 is 0 Å². The van der Waals surface area contributed by atoms with Gasteiger partial charge in [-0.1, -0.05) is 12.1 Å². The molecule has 0 radical (unpaired) electrons. The van der Waals surface area contributed by atoms with Crippen LogP contribution in [-0.4, -0.2) is 75.7 Å². The fourth-order valence-electron chi connectivity index (χ4n) is 4.26. The third kappa shape index (κ3) is 4.67. The van der Waals surface area contributed by atoms with Gasteiger partial charge in [0.25, 0.3) is 5.56 Å². The minimum absolute atomic E-state index is 0.165. The Labute approximate surface area is 192 Å². The minimum atomic E-state index is -0.165. The largest absolute Gasteiger partial charge is 0.494 e. The number of ether oxygens (including phenoxy) is 1. The van der Waals surface area contributed by atoms with E-state index in [0.29, 0.717) is 17.6 Å². The molecule has 1 fully saturated rings. The van der Waals surface area contributed by atoms with Crippen molar-refractivity contribution in [3.8, 4) is 22.6 Å². The van der Waals surface area contributed by atoms with Gasteiger partial charge < -0.3 is 19.5 Å². The molecule has 1 saturated heterocycles. The summed E-state index contributed by atoms with van der Waals surface area (Å²) in [6.07, 6.45) is 7.85. The molecule has 0 spiro atoms. The van der Waals surface area contributed by atoms with Crippen LogP contribution in [0.1, 0.15) is 6.42 Å². The van der Waals surface area contributed by atoms with Crippen LogP contribution in [0, 0.1) is 0 Å². The average Bonchev–Trinajstić information content (AvgIpc) is 3.25. The molecule has 0 saturated carbocycles. The van der Waals surface area contributed by atoms with Crippen LogP contribution in [0.3, 0.4) is 0 Å². The summed E-state index contributed by atoms with van der Waals surface area (Å²) in [5, 5.41) is 0.558. The third-order valence-corrected chi connectivity index (χ3v) is 6.16. The number of fused-ring (bicyclic) bond motifs is 1. The van der Waals surface area contributed by atoms with Gasteiger partial charge in [-0.3, -0.25) is 14.3 Å². The van der Waals surface area contributed by atoms with Gasteiger partial charge in [-0.2, -0.15) is 0 Å². The number of pyridine rings is 1. The number of nitrogens with one attached hydrogen (secondary N) is 1. The molecule has 0 unspecified atom stereocenters. The molecule has 0 amide bonds. The Kier molecular flexibility index (Phi) is 6.19. The highest BCUT2D eigenvalue weighted by atomic mass is 16.5. The minimum Gasteiger partial charge on any atom is -0.494 e. The van der Waals surface area contributed by atoms with Crippen molar-refractivity contribution in [3.05, 3.63) is 71.7 Å². The predicted molar refractivity (Wildman–Crippen MR) is 129 cm³/mol. The molecule has 0 atom stereocenters. The summed E-state index contributed by atoms with van der Waals surface area (Å²) in [5.41, 5.74) is 3.05. The Morgan fingerprint density at radius 3 is 2.67 bits per heavy atom. The highest BCUT2D eigenvalue weighted by Crippen LogP contribution is 2.30. The lowest BCUT2D eigenvalue weighted by Crippen LogP contribution is -2.44. The van der Waals surface area contributed by atoms with Gasteiger partial charge in [-0.05, 0) is 43.3 Å². The number of likely N-dealkylation sites (N-methyl/N-ethyl adjacent to an activating group) is 1. The predicted octanol–water partition coefficient (Wildman–Crippen LogP) is 2.79. The molecule has 5 rings (SSSR count). The summed E-state index contributed by atoms with van der Waals surface area (Å²) in [6, 6.07) is 11.7. The molecule has 1 aliphatic heterocycles. The molecular weight excluding hydrogens is 416 g/mol. The van der Waals surface area contributed by atoms with Crippen molar-refractivity contribution < 1.29 is 4.74 Å². The van der Waals surface area contributed by atoms with Gasteiger partial charge in [-0.15, -0.1) is 0 Å². The number of H-pyrrole nitrogens is 1. The van der Waals surface area contributed by atoms with E-state index in [1.54, 1.807) is 12.4 Å². The van der Waals surface area contributed by atoms with Crippen LogP contribution < -0.4 is 10.3 Å². The number of aromatic nitrogens is 4. The molecular formula is C25H28N6O2. The van der Waals surface area contributed by atoms with Gasteiger partial charge in [-0.25, -0.2) is 4.98 Å². The Morgan fingerprint density at radius 1 is 1.09 bits per heavy atom. The Bertz CT molecular complexity index is 1260. The second-order valence-corrected chi connectivity index (χ2v) is 8.43. The van der Waals surface area contributed by atoms with Crippen molar-refractivity contribution in [3.63, 3.8) is 0 Å². The molecule has 1 N–H and O–H groups in total. The maximum absolute atomic E-state index is 12.7. The van der Waals surface area contributed by atoms with Gasteiger partial charge in [0, 0.05) is 50.7 Å². The van der Waals surface area contributed by atoms with Gasteiger partial charge >= 0.3 is 0 Å². The smallest absolute Gasteiger partial charge is 0.260 e. The number of piperazine rings is 1. The molecule has 4 heterocycles. The van der Waals surface area contributed by atoms with E-state index in [2.05, 4.69) is 31.8 Å². The number of hydrogen-bond donors (Lipinski definition) is 1. The van der Waals surface area contributed by atoms with Crippen molar-refractivity contribution in [2.24, 2.45) is 0 Å². The van der Waals surface area contributed by atoms with Crippen LogP contribution in [0.25, 0.3) is 27.8 Å². The molecule has 3 aromatic heterocycles. The lowest BCUT2D eigenvalue weighted by Gasteiger charge is -2.32. The first-order chi connectivity index (χ1) is 16.2. The first kappa shape index (κ1) is 21.4. The van der Waals surface area contributed by atoms with E-state index in [-0.39, 0.29) is 5.56 Å². The number of benzene rings is 1. The normalized spacial score (nSPS) is 15.2. The van der Waals surface area contributed by atoms with E-state index in [1.165, 1.54) is 6.33 Å². The molecule has 4 aromatic rings. The van der Waals surface area contributed by atoms with E-state index in [1.807, 2.05) is 47.2 Å². The first-order valence-electron chi connectivity index (χ1n) is 11.3. The zero-order valence-corrected chi connectivity index (χ0v) is 18.8. The SMILES string of the molecule is CN1CCN(CCCOc2ccc(-c3cn(-c4cccnc4)c4nc[nH]c(=O)c34)cc2)CC1. The van der Waals surface area contributed by atoms with Crippen LogP contribution in [0.15, 0.2) is 66.1 Å². The average molecular weight is 445 g/mol. The van der Waals surface area contributed by atoms with Crippen molar-refractivity contribution >= 4 is 11.0 Å². The summed E-state index contributed by atoms with van der Waals surface area (Å²) in [7, 11) is 2.17. The Morgan fingerprint density at radius 2 is 1.91 bits per heavy atom. The van der Waals surface area contributed by atoms with Crippen LogP contribution in [0.5, 0.6) is 5.75 Å². The van der Waals surface area contributed by atoms with E-state index in [0.717, 1.165) is 61.7 Å². The summed E-state index contributed by atoms with van der Waals surface area (Å²) in [5.74, 6) is 0.833. The Hall–Kier alpha value is -3.49. The molecule has 8 nitrogen and oxygen atoms in total. The standard InChI is InChI=1S/C25H28N6O2/c1-29-11-13-30(14-12-29)10-3-15-33-21-7-5-19(6-8-21)22-17-31(20-4-2-9-26-16-20)24-23(22)25(32)28-18-27-24/h2,4-9,16-18H,3,10-15H2,1H3,(H,27,28,32). The number of aromatic amines is 1. The lowest BCUT2D eigenvalue weighted by molar-refractivity contribution is 0.145. The summed E-state index contributed by atoms with van der Waals surface area (Å²) in [6.45, 7) is 6.29. The summed E-state index contributed by atoms with van der Waals surface area (Å²) >= 11 is 0. The number of rotatable bonds is 7. The van der Waals surface area contributed by atoms with Gasteiger partial charge in [0.1, 0.15) is 5.75 Å². The van der Waals surface area contributed by atoms with Crippen LogP contribution >= 0.6 is 0 Å². The monoisotopic (exact) mass is 444 g/mol. The maximum atomic E-state index is 12.7. The summed E-state index contributed by atoms with van der Waals surface area (Å²) in [4.78, 5) is 28.8. The molecule has 170 valence electrons. The van der Waals surface area contributed by atoms with Gasteiger partial charge in [0.05, 0.1) is 30.2 Å². The number of hydrogen-bond acceptors (Lipinski definition) is 6. The molecule has 1 aromatic carbocycles. The molecule has 1 aliphatic rings. The topological polar surface area (TPSA) is 79.3 Å². The van der Waals surface area contributed by atoms with Crippen molar-refractivity contribution in [2.75, 3.05) is 46.4 Å². The highest BCUT2D eigenvalue weighted by Gasteiger charge is 2.16. The quantitative estimate of drug-likeness (QED) is 0.442. The molecule has 8 heteroatoms. The van der Waals surface area contributed by atoms with E-state index < -0.39 is 0 Å². The van der Waals surface area contributed by atoms with Crippen molar-refractivity contribution in [2.45, 2.75) is 6.42 Å². The van der Waals surface area contributed by atoms with Crippen LogP contribution in [0.4, 0.5) is 0 Å². The fraction of sp³-hybridized carbons (Fsp3) is 0.320. The highest BCUT2D eigenvalue weighted by molar-refractivity contribution is 5.94. The van der Waals surface area contributed by atoms with E-state index in [4.69, 9.17) is 4.74 Å². The van der Waals surface area contributed by atoms with Crippen molar-refractivity contribution in [1.29, 1.82) is 0 Å². The van der Waals surface area contributed by atoms with Crippen LogP contribution in [-0.2, 0) is 0 Å². The second kappa shape index (κ2) is 9.56. The first-order valence-corrected chi connectivity index (χ1v) is 11.3. The molecule has 0 bridgehead atoms. The fourth-order valence-corrected chi connectivity index (χ4v) is 4.26. The van der Waals surface area contributed by atoms with Crippen molar-refractivity contribution in [1.82, 2.24) is 29.3 Å². The number of nitrogens with zero attached hydrogens (tertiary/aromatic N) is 5. The third-order valence-electron chi connectivity index (χ3n) is 6.16. The molecule has 33 heavy (non-hydrogen) atoms. The van der Waals surface area contributed by atoms with Crippen LogP contribution in [0.2, 0.25) is 0 Å².